The lowest BCUT2D eigenvalue weighted by Crippen LogP contribution is -2.01. The minimum atomic E-state index is 0.335. The molecule has 0 aliphatic rings. The van der Waals surface area contributed by atoms with Crippen LogP contribution >= 0.6 is 11.6 Å². The molecule has 0 amide bonds. The first kappa shape index (κ1) is 13.9. The van der Waals surface area contributed by atoms with Crippen LogP contribution in [0.4, 0.5) is 0 Å². The predicted octanol–water partition coefficient (Wildman–Crippen LogP) is 4.56. The zero-order valence-corrected chi connectivity index (χ0v) is 11.7. The fourth-order valence-corrected chi connectivity index (χ4v) is 1.87. The number of hydrogen-bond acceptors (Lipinski definition) is 1. The van der Waals surface area contributed by atoms with Crippen molar-refractivity contribution in [1.82, 2.24) is 0 Å². The summed E-state index contributed by atoms with van der Waals surface area (Å²) in [6, 6.07) is 4.01. The van der Waals surface area contributed by atoms with E-state index in [-0.39, 0.29) is 0 Å². The monoisotopic (exact) mass is 250 g/mol. The Morgan fingerprint density at radius 3 is 2.71 bits per heavy atom. The third kappa shape index (κ3) is 3.68. The smallest absolute Gasteiger partial charge is 0.123 e. The zero-order valence-electron chi connectivity index (χ0n) is 10.9. The molecule has 0 fully saturated rings. The summed E-state index contributed by atoms with van der Waals surface area (Å²) >= 11 is 6.17. The third-order valence-corrected chi connectivity index (χ3v) is 3.11. The summed E-state index contributed by atoms with van der Waals surface area (Å²) in [6.45, 7) is 8.65. The Labute approximate surface area is 109 Å². The summed E-state index contributed by atoms with van der Waals surface area (Å²) in [5, 5.41) is 0.791. The minimum Gasteiger partial charge on any atom is -0.494 e. The van der Waals surface area contributed by atoms with Gasteiger partial charge >= 0.3 is 0 Å². The second-order valence-corrected chi connectivity index (χ2v) is 4.51. The highest BCUT2D eigenvalue weighted by Gasteiger charge is 2.13. The lowest BCUT2D eigenvalue weighted by molar-refractivity contribution is 0.334. The average molecular weight is 251 g/mol. The molecule has 0 heterocycles. The van der Waals surface area contributed by atoms with Crippen molar-refractivity contribution < 1.29 is 4.74 Å². The summed E-state index contributed by atoms with van der Waals surface area (Å²) in [5.41, 5.74) is 2.19. The standard InChI is InChI=1S/C15H19ClO/c1-5-7-8-11(3)13-10-14(16)12(4)9-15(13)17-6-2/h9-11H,6,8H2,1-4H3. The van der Waals surface area contributed by atoms with Gasteiger partial charge in [0.1, 0.15) is 5.75 Å². The van der Waals surface area contributed by atoms with Crippen molar-refractivity contribution >= 4 is 11.6 Å². The second-order valence-electron chi connectivity index (χ2n) is 4.10. The number of ether oxygens (including phenoxy) is 1. The molecule has 0 bridgehead atoms. The van der Waals surface area contributed by atoms with Gasteiger partial charge in [0.15, 0.2) is 0 Å². The van der Waals surface area contributed by atoms with Crippen molar-refractivity contribution in [3.63, 3.8) is 0 Å². The van der Waals surface area contributed by atoms with Gasteiger partial charge in [-0.05, 0) is 49.9 Å². The first-order valence-corrected chi connectivity index (χ1v) is 6.30. The Balaban J connectivity index is 3.09. The fraction of sp³-hybridized carbons (Fsp3) is 0.467. The van der Waals surface area contributed by atoms with Gasteiger partial charge < -0.3 is 4.74 Å². The summed E-state index contributed by atoms with van der Waals surface area (Å²) in [5.74, 6) is 7.29. The van der Waals surface area contributed by atoms with Gasteiger partial charge in [-0.1, -0.05) is 18.5 Å². The fourth-order valence-electron chi connectivity index (χ4n) is 1.70. The van der Waals surface area contributed by atoms with E-state index < -0.39 is 0 Å². The quantitative estimate of drug-likeness (QED) is 0.712. The first-order chi connectivity index (χ1) is 8.10. The highest BCUT2D eigenvalue weighted by atomic mass is 35.5. The van der Waals surface area contributed by atoms with E-state index in [2.05, 4.69) is 18.8 Å². The van der Waals surface area contributed by atoms with Crippen molar-refractivity contribution in [3.8, 4) is 17.6 Å². The largest absolute Gasteiger partial charge is 0.494 e. The van der Waals surface area contributed by atoms with E-state index in [0.717, 1.165) is 28.3 Å². The van der Waals surface area contributed by atoms with Crippen molar-refractivity contribution in [2.24, 2.45) is 0 Å². The number of hydrogen-bond donors (Lipinski definition) is 0. The molecule has 2 heteroatoms. The third-order valence-electron chi connectivity index (χ3n) is 2.71. The lowest BCUT2D eigenvalue weighted by atomic mass is 9.96. The van der Waals surface area contributed by atoms with Gasteiger partial charge in [-0.3, -0.25) is 0 Å². The molecule has 0 radical (unpaired) electrons. The van der Waals surface area contributed by atoms with E-state index >= 15 is 0 Å². The van der Waals surface area contributed by atoms with Crippen LogP contribution in [-0.4, -0.2) is 6.61 Å². The van der Waals surface area contributed by atoms with Gasteiger partial charge in [0.05, 0.1) is 6.61 Å². The average Bonchev–Trinajstić information content (AvgIpc) is 2.30. The molecular formula is C15H19ClO. The van der Waals surface area contributed by atoms with Crippen LogP contribution in [0.15, 0.2) is 12.1 Å². The van der Waals surface area contributed by atoms with Gasteiger partial charge in [-0.25, -0.2) is 0 Å². The number of rotatable bonds is 4. The molecule has 1 atom stereocenters. The van der Waals surface area contributed by atoms with E-state index in [0.29, 0.717) is 12.5 Å². The van der Waals surface area contributed by atoms with Gasteiger partial charge in [0, 0.05) is 11.4 Å². The molecule has 17 heavy (non-hydrogen) atoms. The van der Waals surface area contributed by atoms with E-state index in [1.54, 1.807) is 0 Å². The summed E-state index contributed by atoms with van der Waals surface area (Å²) in [7, 11) is 0. The van der Waals surface area contributed by atoms with Crippen LogP contribution in [0.1, 0.15) is 44.2 Å². The van der Waals surface area contributed by atoms with Crippen LogP contribution in [0.5, 0.6) is 5.75 Å². The SMILES string of the molecule is CC#CCC(C)c1cc(Cl)c(C)cc1OCC. The van der Waals surface area contributed by atoms with Gasteiger partial charge in [0.25, 0.3) is 0 Å². The highest BCUT2D eigenvalue weighted by molar-refractivity contribution is 6.31. The molecule has 92 valence electrons. The van der Waals surface area contributed by atoms with Crippen LogP contribution in [0.3, 0.4) is 0 Å². The maximum atomic E-state index is 6.17. The second kappa shape index (κ2) is 6.57. The molecular weight excluding hydrogens is 232 g/mol. The Bertz CT molecular complexity index is 440. The van der Waals surface area contributed by atoms with Gasteiger partial charge in [-0.15, -0.1) is 11.8 Å². The molecule has 0 aliphatic heterocycles. The van der Waals surface area contributed by atoms with Crippen molar-refractivity contribution in [1.29, 1.82) is 0 Å². The molecule has 0 spiro atoms. The number of halogens is 1. The normalized spacial score (nSPS) is 11.6. The van der Waals surface area contributed by atoms with Crippen LogP contribution < -0.4 is 4.74 Å². The van der Waals surface area contributed by atoms with Gasteiger partial charge in [-0.2, -0.15) is 0 Å². The summed E-state index contributed by atoms with van der Waals surface area (Å²) in [6.07, 6.45) is 0.829. The summed E-state index contributed by atoms with van der Waals surface area (Å²) in [4.78, 5) is 0. The number of benzene rings is 1. The molecule has 1 unspecified atom stereocenters. The first-order valence-electron chi connectivity index (χ1n) is 5.92. The van der Waals surface area contributed by atoms with Crippen molar-refractivity contribution in [3.05, 3.63) is 28.3 Å². The van der Waals surface area contributed by atoms with Crippen LogP contribution in [0.2, 0.25) is 5.02 Å². The molecule has 0 aliphatic carbocycles. The molecule has 0 saturated carbocycles. The molecule has 1 aromatic rings. The van der Waals surface area contributed by atoms with E-state index in [1.807, 2.05) is 32.9 Å². The lowest BCUT2D eigenvalue weighted by Gasteiger charge is -2.16. The highest BCUT2D eigenvalue weighted by Crippen LogP contribution is 2.33. The number of aryl methyl sites for hydroxylation is 1. The van der Waals surface area contributed by atoms with E-state index in [9.17, 15) is 0 Å². The molecule has 0 N–H and O–H groups in total. The molecule has 1 nitrogen and oxygen atoms in total. The van der Waals surface area contributed by atoms with E-state index in [4.69, 9.17) is 16.3 Å². The van der Waals surface area contributed by atoms with Crippen LogP contribution in [-0.2, 0) is 0 Å². The summed E-state index contributed by atoms with van der Waals surface area (Å²) < 4.78 is 5.67. The van der Waals surface area contributed by atoms with Crippen molar-refractivity contribution in [2.75, 3.05) is 6.61 Å². The maximum Gasteiger partial charge on any atom is 0.123 e. The van der Waals surface area contributed by atoms with Crippen molar-refractivity contribution in [2.45, 2.75) is 40.0 Å². The topological polar surface area (TPSA) is 9.23 Å². The Morgan fingerprint density at radius 2 is 2.12 bits per heavy atom. The predicted molar refractivity (Wildman–Crippen MR) is 73.8 cm³/mol. The maximum absolute atomic E-state index is 6.17. The zero-order chi connectivity index (χ0) is 12.8. The molecule has 1 aromatic carbocycles. The Hall–Kier alpha value is -1.13. The van der Waals surface area contributed by atoms with E-state index in [1.165, 1.54) is 0 Å². The minimum absolute atomic E-state index is 0.335. The van der Waals surface area contributed by atoms with Crippen LogP contribution in [0.25, 0.3) is 0 Å². The van der Waals surface area contributed by atoms with Gasteiger partial charge in [0.2, 0.25) is 0 Å². The Kier molecular flexibility index (Phi) is 5.38. The molecule has 0 aromatic heterocycles. The molecule has 1 rings (SSSR count). The molecule has 0 saturated heterocycles. The van der Waals surface area contributed by atoms with Crippen LogP contribution in [0, 0.1) is 18.8 Å². The Morgan fingerprint density at radius 1 is 1.41 bits per heavy atom.